The number of rotatable bonds is 9. The molecule has 0 radical (unpaired) electrons. The van der Waals surface area contributed by atoms with Crippen LogP contribution in [0, 0.1) is 0 Å². The molecule has 0 aliphatic carbocycles. The van der Waals surface area contributed by atoms with Crippen LogP contribution in [0.1, 0.15) is 43.6 Å². The average Bonchev–Trinajstić information content (AvgIpc) is 3.47. The van der Waals surface area contributed by atoms with E-state index < -0.39 is 11.9 Å². The molecule has 0 fully saturated rings. The summed E-state index contributed by atoms with van der Waals surface area (Å²) in [5, 5.41) is 6.80. The molecule has 2 N–H and O–H groups in total. The number of esters is 1. The van der Waals surface area contributed by atoms with Gasteiger partial charge in [0.1, 0.15) is 0 Å². The molecule has 206 valence electrons. The van der Waals surface area contributed by atoms with Gasteiger partial charge < -0.3 is 24.3 Å². The number of amides is 2. The first-order valence-electron chi connectivity index (χ1n) is 12.7. The van der Waals surface area contributed by atoms with Gasteiger partial charge in [0.05, 0.1) is 18.4 Å². The molecule has 0 bridgehead atoms. The second-order valence-electron chi connectivity index (χ2n) is 8.70. The fourth-order valence-electron chi connectivity index (χ4n) is 3.90. The quantitative estimate of drug-likeness (QED) is 0.129. The van der Waals surface area contributed by atoms with Crippen molar-refractivity contribution in [1.82, 2.24) is 5.43 Å². The number of benzene rings is 4. The summed E-state index contributed by atoms with van der Waals surface area (Å²) in [6, 6.07) is 24.9. The first-order valence-corrected chi connectivity index (χ1v) is 12.7. The van der Waals surface area contributed by atoms with Gasteiger partial charge in [-0.25, -0.2) is 10.2 Å². The van der Waals surface area contributed by atoms with E-state index in [1.807, 2.05) is 13.0 Å². The highest BCUT2D eigenvalue weighted by molar-refractivity contribution is 6.05. The maximum atomic E-state index is 12.7. The number of anilines is 1. The van der Waals surface area contributed by atoms with Gasteiger partial charge in [0.15, 0.2) is 23.0 Å². The molecule has 0 saturated carbocycles. The zero-order valence-corrected chi connectivity index (χ0v) is 22.0. The Bertz CT molecular complexity index is 1620. The maximum absolute atomic E-state index is 12.7. The van der Waals surface area contributed by atoms with Crippen molar-refractivity contribution in [3.05, 3.63) is 113 Å². The molecule has 1 aliphatic heterocycles. The Balaban J connectivity index is 1.21. The van der Waals surface area contributed by atoms with E-state index in [2.05, 4.69) is 15.8 Å². The van der Waals surface area contributed by atoms with E-state index in [-0.39, 0.29) is 18.4 Å². The predicted octanol–water partition coefficient (Wildman–Crippen LogP) is 5.05. The van der Waals surface area contributed by atoms with Crippen LogP contribution in [0.15, 0.2) is 96.1 Å². The zero-order valence-electron chi connectivity index (χ0n) is 22.0. The zero-order chi connectivity index (χ0) is 28.6. The third kappa shape index (κ3) is 6.69. The Morgan fingerprint density at radius 3 is 2.41 bits per heavy atom. The molecule has 0 saturated heterocycles. The highest BCUT2D eigenvalue weighted by atomic mass is 16.7. The standard InChI is InChI=1S/C31H25N3O7/c1-2-38-27-15-20(11-13-26(27)41-31(37)21-7-4-3-5-8-21)18-32-34-30(36)22-9-6-10-24(16-22)33-29(35)23-12-14-25-28(17-23)40-19-39-25/h3-18H,2,19H2,1H3,(H,33,35)(H,34,36). The van der Waals surface area contributed by atoms with Gasteiger partial charge in [-0.1, -0.05) is 24.3 Å². The van der Waals surface area contributed by atoms with Crippen molar-refractivity contribution in [1.29, 1.82) is 0 Å². The molecule has 10 heteroatoms. The minimum atomic E-state index is -0.505. The van der Waals surface area contributed by atoms with Crippen LogP contribution in [0.4, 0.5) is 5.69 Å². The largest absolute Gasteiger partial charge is 0.490 e. The van der Waals surface area contributed by atoms with Crippen molar-refractivity contribution >= 4 is 29.7 Å². The van der Waals surface area contributed by atoms with Crippen molar-refractivity contribution in [3.63, 3.8) is 0 Å². The molecular weight excluding hydrogens is 526 g/mol. The Morgan fingerprint density at radius 2 is 1.59 bits per heavy atom. The molecule has 1 aliphatic rings. The Hall–Kier alpha value is -5.64. The van der Waals surface area contributed by atoms with Gasteiger partial charge in [-0.05, 0) is 79.2 Å². The van der Waals surface area contributed by atoms with E-state index in [1.165, 1.54) is 6.21 Å². The highest BCUT2D eigenvalue weighted by Gasteiger charge is 2.17. The summed E-state index contributed by atoms with van der Waals surface area (Å²) in [6.45, 7) is 2.29. The third-order valence-corrected chi connectivity index (χ3v) is 5.88. The van der Waals surface area contributed by atoms with Crippen LogP contribution < -0.4 is 29.7 Å². The van der Waals surface area contributed by atoms with Crippen LogP contribution in [0.5, 0.6) is 23.0 Å². The van der Waals surface area contributed by atoms with E-state index in [0.29, 0.717) is 51.8 Å². The summed E-state index contributed by atoms with van der Waals surface area (Å²) in [5.74, 6) is 0.368. The van der Waals surface area contributed by atoms with E-state index in [1.54, 1.807) is 84.9 Å². The lowest BCUT2D eigenvalue weighted by Gasteiger charge is -2.11. The summed E-state index contributed by atoms with van der Waals surface area (Å²) < 4.78 is 21.7. The Labute approximate surface area is 235 Å². The third-order valence-electron chi connectivity index (χ3n) is 5.88. The molecule has 5 rings (SSSR count). The van der Waals surface area contributed by atoms with Crippen molar-refractivity contribution < 1.29 is 33.3 Å². The second-order valence-corrected chi connectivity index (χ2v) is 8.70. The van der Waals surface area contributed by atoms with Crippen LogP contribution in [-0.2, 0) is 0 Å². The Kier molecular flexibility index (Phi) is 8.20. The van der Waals surface area contributed by atoms with Gasteiger partial charge in [0.2, 0.25) is 6.79 Å². The van der Waals surface area contributed by atoms with E-state index in [9.17, 15) is 14.4 Å². The monoisotopic (exact) mass is 551 g/mol. The van der Waals surface area contributed by atoms with Gasteiger partial charge in [0.25, 0.3) is 11.8 Å². The van der Waals surface area contributed by atoms with Crippen molar-refractivity contribution in [3.8, 4) is 23.0 Å². The number of hydrogen-bond acceptors (Lipinski definition) is 8. The van der Waals surface area contributed by atoms with Crippen molar-refractivity contribution in [2.24, 2.45) is 5.10 Å². The van der Waals surface area contributed by atoms with Gasteiger partial charge >= 0.3 is 5.97 Å². The molecule has 4 aromatic carbocycles. The van der Waals surface area contributed by atoms with Crippen LogP contribution in [0.2, 0.25) is 0 Å². The van der Waals surface area contributed by atoms with E-state index in [4.69, 9.17) is 18.9 Å². The van der Waals surface area contributed by atoms with Crippen LogP contribution >= 0.6 is 0 Å². The number of carbonyl (C=O) groups excluding carboxylic acids is 3. The van der Waals surface area contributed by atoms with Crippen LogP contribution in [0.25, 0.3) is 0 Å². The number of ether oxygens (including phenoxy) is 4. The summed E-state index contributed by atoms with van der Waals surface area (Å²) in [4.78, 5) is 37.8. The van der Waals surface area contributed by atoms with Gasteiger partial charge in [0, 0.05) is 16.8 Å². The van der Waals surface area contributed by atoms with E-state index >= 15 is 0 Å². The van der Waals surface area contributed by atoms with Crippen LogP contribution in [0.3, 0.4) is 0 Å². The lowest BCUT2D eigenvalue weighted by atomic mass is 10.1. The molecule has 2 amide bonds. The smallest absolute Gasteiger partial charge is 0.343 e. The number of nitrogens with zero attached hydrogens (tertiary/aromatic N) is 1. The summed E-state index contributed by atoms with van der Waals surface area (Å²) in [7, 11) is 0. The number of fused-ring (bicyclic) bond motifs is 1. The van der Waals surface area contributed by atoms with Gasteiger partial charge in [-0.3, -0.25) is 9.59 Å². The molecule has 41 heavy (non-hydrogen) atoms. The fourth-order valence-corrected chi connectivity index (χ4v) is 3.90. The van der Waals surface area contributed by atoms with E-state index in [0.717, 1.165) is 0 Å². The molecule has 1 heterocycles. The van der Waals surface area contributed by atoms with Crippen molar-refractivity contribution in [2.75, 3.05) is 18.7 Å². The molecule has 4 aromatic rings. The molecule has 0 atom stereocenters. The summed E-state index contributed by atoms with van der Waals surface area (Å²) in [6.07, 6.45) is 1.44. The average molecular weight is 552 g/mol. The minimum absolute atomic E-state index is 0.114. The minimum Gasteiger partial charge on any atom is -0.490 e. The number of hydrogen-bond donors (Lipinski definition) is 2. The first-order chi connectivity index (χ1) is 20.0. The number of carbonyl (C=O) groups is 3. The first kappa shape index (κ1) is 26.9. The predicted molar refractivity (Wildman–Crippen MR) is 151 cm³/mol. The summed E-state index contributed by atoms with van der Waals surface area (Å²) >= 11 is 0. The molecule has 10 nitrogen and oxygen atoms in total. The van der Waals surface area contributed by atoms with Gasteiger partial charge in [-0.2, -0.15) is 5.10 Å². The maximum Gasteiger partial charge on any atom is 0.343 e. The summed E-state index contributed by atoms with van der Waals surface area (Å²) in [5.41, 5.74) is 4.62. The fraction of sp³-hybridized carbons (Fsp3) is 0.0968. The molecule has 0 aromatic heterocycles. The molecule has 0 spiro atoms. The lowest BCUT2D eigenvalue weighted by Crippen LogP contribution is -2.18. The second kappa shape index (κ2) is 12.5. The van der Waals surface area contributed by atoms with Crippen LogP contribution in [-0.4, -0.2) is 37.4 Å². The normalized spacial score (nSPS) is 11.6. The van der Waals surface area contributed by atoms with Gasteiger partial charge in [-0.15, -0.1) is 0 Å². The molecule has 0 unspecified atom stereocenters. The number of nitrogens with one attached hydrogen (secondary N) is 2. The molecular formula is C31H25N3O7. The number of hydrazone groups is 1. The topological polar surface area (TPSA) is 125 Å². The highest BCUT2D eigenvalue weighted by Crippen LogP contribution is 2.33. The SMILES string of the molecule is CCOc1cc(C=NNC(=O)c2cccc(NC(=O)c3ccc4c(c3)OCO4)c2)ccc1OC(=O)c1ccccc1. The Morgan fingerprint density at radius 1 is 0.805 bits per heavy atom. The lowest BCUT2D eigenvalue weighted by molar-refractivity contribution is 0.0728. The van der Waals surface area contributed by atoms with Crippen molar-refractivity contribution in [2.45, 2.75) is 6.92 Å².